The van der Waals surface area contributed by atoms with Crippen LogP contribution in [0.2, 0.25) is 5.02 Å². The van der Waals surface area contributed by atoms with Crippen molar-refractivity contribution >= 4 is 46.7 Å². The first-order valence-corrected chi connectivity index (χ1v) is 9.39. The molecule has 156 valence electrons. The molecule has 3 rings (SSSR count). The highest BCUT2D eigenvalue weighted by atomic mass is 35.5. The third-order valence-corrected chi connectivity index (χ3v) is 4.99. The molecule has 2 amide bonds. The van der Waals surface area contributed by atoms with Crippen molar-refractivity contribution in [2.75, 3.05) is 31.0 Å². The molecule has 0 bridgehead atoms. The van der Waals surface area contributed by atoms with Crippen molar-refractivity contribution in [3.8, 4) is 0 Å². The topological polar surface area (TPSA) is 102 Å². The van der Waals surface area contributed by atoms with Gasteiger partial charge in [0.2, 0.25) is 11.8 Å². The molecule has 30 heavy (non-hydrogen) atoms. The predicted octanol–water partition coefficient (Wildman–Crippen LogP) is 2.90. The molecule has 2 aromatic carbocycles. The van der Waals surface area contributed by atoms with Gasteiger partial charge in [0.15, 0.2) is 0 Å². The molecule has 1 unspecified atom stereocenters. The number of halogens is 1. The summed E-state index contributed by atoms with van der Waals surface area (Å²) >= 11 is 5.88. The van der Waals surface area contributed by atoms with E-state index in [9.17, 15) is 19.2 Å². The van der Waals surface area contributed by atoms with Crippen molar-refractivity contribution in [1.29, 1.82) is 0 Å². The number of esters is 2. The number of nitrogens with zero attached hydrogens (tertiary/aromatic N) is 1. The van der Waals surface area contributed by atoms with E-state index in [1.54, 1.807) is 24.3 Å². The third kappa shape index (κ3) is 4.44. The van der Waals surface area contributed by atoms with Gasteiger partial charge < -0.3 is 19.7 Å². The lowest BCUT2D eigenvalue weighted by atomic mass is 10.1. The first-order chi connectivity index (χ1) is 14.3. The normalized spacial score (nSPS) is 15.6. The fraction of sp³-hybridized carbons (Fsp3) is 0.238. The van der Waals surface area contributed by atoms with E-state index in [0.717, 1.165) is 0 Å². The van der Waals surface area contributed by atoms with Gasteiger partial charge in [0.05, 0.1) is 37.0 Å². The minimum atomic E-state index is -0.674. The Kier molecular flexibility index (Phi) is 6.37. The fourth-order valence-corrected chi connectivity index (χ4v) is 3.30. The summed E-state index contributed by atoms with van der Waals surface area (Å²) in [7, 11) is 2.44. The maximum absolute atomic E-state index is 12.8. The zero-order valence-corrected chi connectivity index (χ0v) is 17.1. The average molecular weight is 431 g/mol. The molecule has 0 aromatic heterocycles. The van der Waals surface area contributed by atoms with Crippen LogP contribution < -0.4 is 10.2 Å². The molecule has 0 saturated carbocycles. The molecular formula is C21H19ClN2O6. The van der Waals surface area contributed by atoms with Gasteiger partial charge in [0.25, 0.3) is 0 Å². The number of hydrogen-bond acceptors (Lipinski definition) is 6. The van der Waals surface area contributed by atoms with E-state index in [1.807, 2.05) is 0 Å². The van der Waals surface area contributed by atoms with Crippen LogP contribution in [0.25, 0.3) is 0 Å². The Morgan fingerprint density at radius 2 is 1.70 bits per heavy atom. The van der Waals surface area contributed by atoms with Crippen LogP contribution in [0.1, 0.15) is 27.1 Å². The number of hydrogen-bond donors (Lipinski definition) is 1. The highest BCUT2D eigenvalue weighted by Crippen LogP contribution is 2.28. The fourth-order valence-electron chi connectivity index (χ4n) is 3.17. The zero-order valence-electron chi connectivity index (χ0n) is 16.3. The van der Waals surface area contributed by atoms with Gasteiger partial charge in [-0.15, -0.1) is 0 Å². The van der Waals surface area contributed by atoms with Crippen molar-refractivity contribution in [3.05, 3.63) is 58.6 Å². The largest absolute Gasteiger partial charge is 0.465 e. The third-order valence-electron chi connectivity index (χ3n) is 4.74. The molecule has 0 aliphatic carbocycles. The number of benzene rings is 2. The molecule has 1 fully saturated rings. The van der Waals surface area contributed by atoms with Gasteiger partial charge >= 0.3 is 11.9 Å². The average Bonchev–Trinajstić information content (AvgIpc) is 3.14. The molecule has 1 atom stereocenters. The van der Waals surface area contributed by atoms with Crippen LogP contribution in [-0.4, -0.2) is 44.5 Å². The summed E-state index contributed by atoms with van der Waals surface area (Å²) in [4.78, 5) is 50.6. The van der Waals surface area contributed by atoms with Crippen LogP contribution in [0.4, 0.5) is 11.4 Å². The number of carbonyl (C=O) groups excluding carboxylic acids is 4. The highest BCUT2D eigenvalue weighted by molar-refractivity contribution is 6.30. The Morgan fingerprint density at radius 1 is 1.03 bits per heavy atom. The van der Waals surface area contributed by atoms with E-state index in [1.165, 1.54) is 37.3 Å². The van der Waals surface area contributed by atoms with Crippen molar-refractivity contribution < 1.29 is 28.7 Å². The van der Waals surface area contributed by atoms with Crippen molar-refractivity contribution in [2.24, 2.45) is 5.92 Å². The molecule has 0 spiro atoms. The molecule has 1 N–H and O–H groups in total. The Labute approximate surface area is 177 Å². The van der Waals surface area contributed by atoms with E-state index in [2.05, 4.69) is 10.1 Å². The first kappa shape index (κ1) is 21.3. The number of nitrogens with one attached hydrogen (secondary N) is 1. The number of ether oxygens (including phenoxy) is 2. The summed E-state index contributed by atoms with van der Waals surface area (Å²) < 4.78 is 9.41. The van der Waals surface area contributed by atoms with Crippen LogP contribution in [-0.2, 0) is 19.1 Å². The molecule has 2 aromatic rings. The Morgan fingerprint density at radius 3 is 2.33 bits per heavy atom. The number of amides is 2. The van der Waals surface area contributed by atoms with Crippen LogP contribution in [0, 0.1) is 5.92 Å². The van der Waals surface area contributed by atoms with Crippen molar-refractivity contribution in [1.82, 2.24) is 0 Å². The van der Waals surface area contributed by atoms with Gasteiger partial charge in [-0.1, -0.05) is 11.6 Å². The van der Waals surface area contributed by atoms with Crippen LogP contribution >= 0.6 is 11.6 Å². The summed E-state index contributed by atoms with van der Waals surface area (Å²) in [6.45, 7) is 0.177. The molecule has 1 heterocycles. The summed E-state index contributed by atoms with van der Waals surface area (Å²) in [6, 6.07) is 10.8. The molecule has 1 aliphatic heterocycles. The lowest BCUT2D eigenvalue weighted by molar-refractivity contribution is -0.122. The van der Waals surface area contributed by atoms with Gasteiger partial charge in [-0.25, -0.2) is 9.59 Å². The molecule has 0 radical (unpaired) electrons. The monoisotopic (exact) mass is 430 g/mol. The lowest BCUT2D eigenvalue weighted by Gasteiger charge is -2.17. The minimum Gasteiger partial charge on any atom is -0.465 e. The summed E-state index contributed by atoms with van der Waals surface area (Å²) in [5, 5.41) is 3.18. The van der Waals surface area contributed by atoms with E-state index in [0.29, 0.717) is 10.7 Å². The van der Waals surface area contributed by atoms with Gasteiger partial charge in [-0.2, -0.15) is 0 Å². The van der Waals surface area contributed by atoms with Crippen LogP contribution in [0.3, 0.4) is 0 Å². The van der Waals surface area contributed by atoms with Gasteiger partial charge in [0.1, 0.15) is 0 Å². The van der Waals surface area contributed by atoms with Gasteiger partial charge in [0, 0.05) is 23.7 Å². The maximum atomic E-state index is 12.8. The zero-order chi connectivity index (χ0) is 21.8. The Balaban J connectivity index is 1.81. The van der Waals surface area contributed by atoms with E-state index >= 15 is 0 Å². The summed E-state index contributed by atoms with van der Waals surface area (Å²) in [6.07, 6.45) is 0.0126. The Bertz CT molecular complexity index is 1010. The SMILES string of the molecule is COC(=O)c1ccc(C(=O)OC)c(NC(=O)C2CC(=O)N(c3ccc(Cl)cc3)C2)c1. The van der Waals surface area contributed by atoms with E-state index in [-0.39, 0.29) is 35.7 Å². The second kappa shape index (κ2) is 8.96. The van der Waals surface area contributed by atoms with Crippen molar-refractivity contribution in [3.63, 3.8) is 0 Å². The number of rotatable bonds is 5. The second-order valence-electron chi connectivity index (χ2n) is 6.61. The number of methoxy groups -OCH3 is 2. The summed E-state index contributed by atoms with van der Waals surface area (Å²) in [5.74, 6) is -2.58. The summed E-state index contributed by atoms with van der Waals surface area (Å²) in [5.41, 5.74) is 0.984. The predicted molar refractivity (Wildman–Crippen MR) is 110 cm³/mol. The van der Waals surface area contributed by atoms with Crippen molar-refractivity contribution in [2.45, 2.75) is 6.42 Å². The lowest BCUT2D eigenvalue weighted by Crippen LogP contribution is -2.28. The first-order valence-electron chi connectivity index (χ1n) is 9.01. The highest BCUT2D eigenvalue weighted by Gasteiger charge is 2.35. The quantitative estimate of drug-likeness (QED) is 0.732. The molecule has 9 heteroatoms. The maximum Gasteiger partial charge on any atom is 0.339 e. The van der Waals surface area contributed by atoms with Crippen LogP contribution in [0.5, 0.6) is 0 Å². The number of anilines is 2. The standard InChI is InChI=1S/C21H19ClN2O6/c1-29-20(27)12-3-8-16(21(28)30-2)17(9-12)23-19(26)13-10-18(25)24(11-13)15-6-4-14(22)5-7-15/h3-9,13H,10-11H2,1-2H3,(H,23,26). The smallest absolute Gasteiger partial charge is 0.339 e. The second-order valence-corrected chi connectivity index (χ2v) is 7.05. The van der Waals surface area contributed by atoms with E-state index < -0.39 is 23.8 Å². The minimum absolute atomic E-state index is 0.0126. The van der Waals surface area contributed by atoms with Crippen LogP contribution in [0.15, 0.2) is 42.5 Å². The molecule has 1 saturated heterocycles. The molecule has 1 aliphatic rings. The molecule has 8 nitrogen and oxygen atoms in total. The van der Waals surface area contributed by atoms with E-state index in [4.69, 9.17) is 16.3 Å². The molecular weight excluding hydrogens is 412 g/mol. The Hall–Kier alpha value is -3.39. The number of carbonyl (C=O) groups is 4. The van der Waals surface area contributed by atoms with Gasteiger partial charge in [-0.05, 0) is 42.5 Å². The van der Waals surface area contributed by atoms with Gasteiger partial charge in [-0.3, -0.25) is 9.59 Å².